The maximum atomic E-state index is 11.9. The van der Waals surface area contributed by atoms with E-state index >= 15 is 0 Å². The molecule has 8 nitrogen and oxygen atoms in total. The van der Waals surface area contributed by atoms with Crippen LogP contribution in [0, 0.1) is 0 Å². The fourth-order valence-electron chi connectivity index (χ4n) is 1.84. The van der Waals surface area contributed by atoms with Crippen molar-refractivity contribution in [1.82, 2.24) is 20.2 Å². The summed E-state index contributed by atoms with van der Waals surface area (Å²) in [5, 5.41) is 6.52. The first kappa shape index (κ1) is 12.0. The summed E-state index contributed by atoms with van der Waals surface area (Å²) in [5.74, 6) is -1.81. The van der Waals surface area contributed by atoms with E-state index in [0.717, 1.165) is 0 Å². The molecule has 1 aromatic carbocycles. The van der Waals surface area contributed by atoms with Crippen LogP contribution in [0.15, 0.2) is 30.6 Å². The number of fused-ring (bicyclic) bond motifs is 1. The Bertz CT molecular complexity index is 660. The largest absolute Gasteiger partial charge is 0.340 e. The minimum Gasteiger partial charge on any atom is -0.329 e. The molecule has 3 rings (SSSR count). The van der Waals surface area contributed by atoms with Gasteiger partial charge in [0.2, 0.25) is 0 Å². The Labute approximate surface area is 112 Å². The number of nitrogens with zero attached hydrogens (tertiary/aromatic N) is 3. The maximum absolute atomic E-state index is 11.9. The maximum Gasteiger partial charge on any atom is 0.340 e. The number of amides is 2. The molecule has 2 heterocycles. The van der Waals surface area contributed by atoms with E-state index in [4.69, 9.17) is 4.84 Å². The topological polar surface area (TPSA) is 105 Å². The van der Waals surface area contributed by atoms with Crippen LogP contribution < -0.4 is 0 Å². The van der Waals surface area contributed by atoms with Crippen molar-refractivity contribution in [3.05, 3.63) is 47.5 Å². The molecule has 0 spiro atoms. The smallest absolute Gasteiger partial charge is 0.329 e. The monoisotopic (exact) mass is 272 g/mol. The number of aromatic nitrogens is 3. The van der Waals surface area contributed by atoms with Crippen LogP contribution in [-0.4, -0.2) is 38.0 Å². The molecule has 0 fully saturated rings. The van der Waals surface area contributed by atoms with Crippen molar-refractivity contribution in [2.75, 3.05) is 0 Å². The number of nitrogens with one attached hydrogen (secondary N) is 1. The van der Waals surface area contributed by atoms with Crippen LogP contribution in [0.25, 0.3) is 0 Å². The van der Waals surface area contributed by atoms with Gasteiger partial charge in [0.25, 0.3) is 11.8 Å². The molecule has 0 saturated carbocycles. The third-order valence-corrected chi connectivity index (χ3v) is 2.73. The van der Waals surface area contributed by atoms with Crippen LogP contribution in [0.4, 0.5) is 0 Å². The van der Waals surface area contributed by atoms with Crippen molar-refractivity contribution in [2.24, 2.45) is 0 Å². The first-order chi connectivity index (χ1) is 9.66. The second-order valence-electron chi connectivity index (χ2n) is 4.02. The van der Waals surface area contributed by atoms with Crippen LogP contribution in [0.5, 0.6) is 0 Å². The molecule has 0 unspecified atom stereocenters. The van der Waals surface area contributed by atoms with E-state index in [-0.39, 0.29) is 23.4 Å². The number of rotatable bonds is 3. The van der Waals surface area contributed by atoms with Gasteiger partial charge in [-0.3, -0.25) is 14.7 Å². The molecule has 0 radical (unpaired) electrons. The predicted molar refractivity (Wildman–Crippen MR) is 63.1 cm³/mol. The normalized spacial score (nSPS) is 13.5. The van der Waals surface area contributed by atoms with Gasteiger partial charge in [-0.1, -0.05) is 17.2 Å². The lowest BCUT2D eigenvalue weighted by Gasteiger charge is -2.11. The number of hydrogen-bond acceptors (Lipinski definition) is 6. The highest BCUT2D eigenvalue weighted by molar-refractivity contribution is 6.20. The molecule has 1 aliphatic heterocycles. The molecule has 0 aliphatic carbocycles. The Morgan fingerprint density at radius 3 is 2.40 bits per heavy atom. The van der Waals surface area contributed by atoms with Gasteiger partial charge in [0.1, 0.15) is 18.6 Å². The Balaban J connectivity index is 1.75. The standard InChI is InChI=1S/C12H8N4O4/c17-10(5-9-13-6-14-15-9)20-16-11(18)7-3-1-2-4-8(7)12(16)19/h1-4,6H,5H2,(H,13,14,15). The molecule has 1 aromatic heterocycles. The minimum absolute atomic E-state index is 0.213. The number of H-pyrrole nitrogens is 1. The first-order valence-electron chi connectivity index (χ1n) is 5.69. The number of benzene rings is 1. The predicted octanol–water partition coefficient (Wildman–Crippen LogP) is 0.102. The third-order valence-electron chi connectivity index (χ3n) is 2.73. The van der Waals surface area contributed by atoms with E-state index in [0.29, 0.717) is 5.06 Å². The van der Waals surface area contributed by atoms with Crippen LogP contribution in [0.2, 0.25) is 0 Å². The van der Waals surface area contributed by atoms with E-state index in [1.807, 2.05) is 0 Å². The van der Waals surface area contributed by atoms with E-state index in [1.165, 1.54) is 18.5 Å². The van der Waals surface area contributed by atoms with Gasteiger partial charge in [-0.15, -0.1) is 0 Å². The number of hydrogen-bond donors (Lipinski definition) is 1. The molecule has 20 heavy (non-hydrogen) atoms. The van der Waals surface area contributed by atoms with Gasteiger partial charge in [-0.05, 0) is 12.1 Å². The molecule has 100 valence electrons. The number of aromatic amines is 1. The van der Waals surface area contributed by atoms with Crippen LogP contribution in [0.1, 0.15) is 26.5 Å². The molecule has 0 saturated heterocycles. The van der Waals surface area contributed by atoms with Crippen molar-refractivity contribution in [2.45, 2.75) is 6.42 Å². The summed E-state index contributed by atoms with van der Waals surface area (Å²) >= 11 is 0. The second-order valence-corrected chi connectivity index (χ2v) is 4.02. The summed E-state index contributed by atoms with van der Waals surface area (Å²) in [6.07, 6.45) is 1.03. The molecule has 8 heteroatoms. The summed E-state index contributed by atoms with van der Waals surface area (Å²) in [4.78, 5) is 44.1. The average molecular weight is 272 g/mol. The number of hydroxylamine groups is 2. The zero-order valence-corrected chi connectivity index (χ0v) is 10.1. The summed E-state index contributed by atoms with van der Waals surface area (Å²) in [6, 6.07) is 6.26. The van der Waals surface area contributed by atoms with Crippen molar-refractivity contribution >= 4 is 17.8 Å². The molecule has 1 N–H and O–H groups in total. The van der Waals surface area contributed by atoms with E-state index in [1.54, 1.807) is 12.1 Å². The van der Waals surface area contributed by atoms with Crippen molar-refractivity contribution < 1.29 is 19.2 Å². The third kappa shape index (κ3) is 1.92. The van der Waals surface area contributed by atoms with Gasteiger partial charge >= 0.3 is 5.97 Å². The second kappa shape index (κ2) is 4.57. The lowest BCUT2D eigenvalue weighted by molar-refractivity contribution is -0.167. The lowest BCUT2D eigenvalue weighted by Crippen LogP contribution is -2.33. The summed E-state index contributed by atoms with van der Waals surface area (Å²) in [7, 11) is 0. The van der Waals surface area contributed by atoms with Crippen molar-refractivity contribution in [1.29, 1.82) is 0 Å². The van der Waals surface area contributed by atoms with E-state index in [2.05, 4.69) is 15.2 Å². The quantitative estimate of drug-likeness (QED) is 0.794. The van der Waals surface area contributed by atoms with Crippen LogP contribution in [-0.2, 0) is 16.1 Å². The van der Waals surface area contributed by atoms with Gasteiger partial charge in [-0.25, -0.2) is 9.78 Å². The number of carbonyl (C=O) groups is 3. The molecular formula is C12H8N4O4. The summed E-state index contributed by atoms with van der Waals surface area (Å²) in [5.41, 5.74) is 0.426. The fraction of sp³-hybridized carbons (Fsp3) is 0.0833. The lowest BCUT2D eigenvalue weighted by atomic mass is 10.1. The van der Waals surface area contributed by atoms with Crippen LogP contribution in [0.3, 0.4) is 0 Å². The number of carbonyl (C=O) groups excluding carboxylic acids is 3. The molecule has 2 amide bonds. The molecule has 2 aromatic rings. The van der Waals surface area contributed by atoms with Gasteiger partial charge in [-0.2, -0.15) is 5.10 Å². The molecule has 1 aliphatic rings. The molecular weight excluding hydrogens is 264 g/mol. The highest BCUT2D eigenvalue weighted by Crippen LogP contribution is 2.22. The Morgan fingerprint density at radius 2 is 1.85 bits per heavy atom. The Kier molecular flexibility index (Phi) is 2.75. The van der Waals surface area contributed by atoms with Crippen molar-refractivity contribution in [3.63, 3.8) is 0 Å². The van der Waals surface area contributed by atoms with E-state index < -0.39 is 17.8 Å². The summed E-state index contributed by atoms with van der Waals surface area (Å²) in [6.45, 7) is 0. The van der Waals surface area contributed by atoms with E-state index in [9.17, 15) is 14.4 Å². The number of imide groups is 1. The fourth-order valence-corrected chi connectivity index (χ4v) is 1.84. The Morgan fingerprint density at radius 1 is 1.20 bits per heavy atom. The highest BCUT2D eigenvalue weighted by atomic mass is 16.7. The zero-order chi connectivity index (χ0) is 14.1. The molecule has 0 atom stereocenters. The average Bonchev–Trinajstić information content (AvgIpc) is 3.03. The van der Waals surface area contributed by atoms with Gasteiger partial charge in [0.05, 0.1) is 11.1 Å². The first-order valence-corrected chi connectivity index (χ1v) is 5.69. The van der Waals surface area contributed by atoms with Gasteiger partial charge in [0, 0.05) is 0 Å². The SMILES string of the molecule is O=C(Cc1ncn[nH]1)ON1C(=O)c2ccccc2C1=O. The van der Waals surface area contributed by atoms with Crippen LogP contribution >= 0.6 is 0 Å². The Hall–Kier alpha value is -3.03. The molecule has 0 bridgehead atoms. The zero-order valence-electron chi connectivity index (χ0n) is 10.1. The highest BCUT2D eigenvalue weighted by Gasteiger charge is 2.38. The van der Waals surface area contributed by atoms with Gasteiger partial charge in [0.15, 0.2) is 0 Å². The minimum atomic E-state index is -0.781. The summed E-state index contributed by atoms with van der Waals surface area (Å²) < 4.78 is 0. The van der Waals surface area contributed by atoms with Crippen molar-refractivity contribution in [3.8, 4) is 0 Å². The van der Waals surface area contributed by atoms with Gasteiger partial charge < -0.3 is 4.84 Å².